The predicted molar refractivity (Wildman–Crippen MR) is 90.1 cm³/mol. The van der Waals surface area contributed by atoms with Crippen molar-refractivity contribution in [3.05, 3.63) is 59.5 Å². The van der Waals surface area contributed by atoms with E-state index in [1.54, 1.807) is 12.1 Å². The van der Waals surface area contributed by atoms with Gasteiger partial charge in [0.25, 0.3) is 0 Å². The molecule has 0 fully saturated rings. The van der Waals surface area contributed by atoms with Crippen molar-refractivity contribution in [2.75, 3.05) is 0 Å². The second-order valence-electron chi connectivity index (χ2n) is 6.20. The van der Waals surface area contributed by atoms with Crippen LogP contribution in [0.4, 0.5) is 0 Å². The summed E-state index contributed by atoms with van der Waals surface area (Å²) in [6, 6.07) is 11.5. The number of rotatable bonds is 7. The van der Waals surface area contributed by atoms with Gasteiger partial charge in [0, 0.05) is 18.9 Å². The summed E-state index contributed by atoms with van der Waals surface area (Å²) in [5.74, 6) is 0.692. The van der Waals surface area contributed by atoms with Gasteiger partial charge in [-0.2, -0.15) is 0 Å². The molecule has 1 heterocycles. The van der Waals surface area contributed by atoms with Crippen molar-refractivity contribution in [2.24, 2.45) is 0 Å². The number of amides is 1. The van der Waals surface area contributed by atoms with Crippen molar-refractivity contribution in [3.8, 4) is 0 Å². The number of benzene rings is 1. The Kier molecular flexibility index (Phi) is 5.99. The molecule has 0 bridgehead atoms. The second kappa shape index (κ2) is 7.97. The third kappa shape index (κ3) is 4.96. The van der Waals surface area contributed by atoms with Crippen LogP contribution >= 0.6 is 0 Å². The van der Waals surface area contributed by atoms with Crippen LogP contribution in [-0.4, -0.2) is 17.1 Å². The predicted octanol–water partition coefficient (Wildman–Crippen LogP) is 3.71. The average Bonchev–Trinajstić information content (AvgIpc) is 3.01. The van der Waals surface area contributed by atoms with Gasteiger partial charge < -0.3 is 14.8 Å². The first-order valence-electron chi connectivity index (χ1n) is 8.03. The Bertz CT molecular complexity index is 621. The molecule has 23 heavy (non-hydrogen) atoms. The van der Waals surface area contributed by atoms with Gasteiger partial charge in [-0.25, -0.2) is 0 Å². The van der Waals surface area contributed by atoms with Crippen LogP contribution in [0.3, 0.4) is 0 Å². The fraction of sp³-hybridized carbons (Fsp3) is 0.421. The average molecular weight is 315 g/mol. The third-order valence-corrected chi connectivity index (χ3v) is 4.07. The molecule has 3 unspecified atom stereocenters. The van der Waals surface area contributed by atoms with Crippen LogP contribution in [0.15, 0.2) is 47.1 Å². The lowest BCUT2D eigenvalue weighted by atomic mass is 9.93. The Balaban J connectivity index is 1.83. The number of aliphatic hydroxyl groups is 1. The first kappa shape index (κ1) is 17.3. The number of hydrogen-bond donors (Lipinski definition) is 2. The molecule has 3 atom stereocenters. The number of nitrogens with one attached hydrogen (secondary N) is 1. The maximum absolute atomic E-state index is 12.2. The minimum absolute atomic E-state index is 0.0000945. The molecule has 1 aromatic carbocycles. The number of carbonyl (C=O) groups excluding carboxylic acids is 1. The molecule has 124 valence electrons. The smallest absolute Gasteiger partial charge is 0.220 e. The molecule has 0 radical (unpaired) electrons. The monoisotopic (exact) mass is 315 g/mol. The van der Waals surface area contributed by atoms with Gasteiger partial charge in [-0.15, -0.1) is 0 Å². The van der Waals surface area contributed by atoms with Crippen LogP contribution in [0.2, 0.25) is 0 Å². The molecule has 4 nitrogen and oxygen atoms in total. The van der Waals surface area contributed by atoms with Crippen molar-refractivity contribution in [2.45, 2.75) is 51.7 Å². The molecule has 2 N–H and O–H groups in total. The Hall–Kier alpha value is -2.07. The Morgan fingerprint density at radius 2 is 1.96 bits per heavy atom. The van der Waals surface area contributed by atoms with E-state index in [2.05, 4.69) is 31.3 Å². The highest BCUT2D eigenvalue weighted by Crippen LogP contribution is 2.23. The van der Waals surface area contributed by atoms with E-state index in [4.69, 9.17) is 4.42 Å². The van der Waals surface area contributed by atoms with Gasteiger partial charge in [0.15, 0.2) is 0 Å². The van der Waals surface area contributed by atoms with Crippen LogP contribution in [0.25, 0.3) is 0 Å². The molecule has 0 saturated carbocycles. The molecule has 0 aliphatic carbocycles. The Labute approximate surface area is 137 Å². The van der Waals surface area contributed by atoms with E-state index in [1.807, 2.05) is 19.1 Å². The summed E-state index contributed by atoms with van der Waals surface area (Å²) in [6.07, 6.45) is 1.70. The molecule has 0 saturated heterocycles. The standard InChI is InChI=1S/C19H25NO3/c1-13-7-4-5-8-16(13)14(2)11-19(22)20-15(3)12-17(21)18-9-6-10-23-18/h4-10,14-15,17,21H,11-12H2,1-3H3,(H,20,22). The van der Waals surface area contributed by atoms with Crippen molar-refractivity contribution in [3.63, 3.8) is 0 Å². The topological polar surface area (TPSA) is 62.5 Å². The molecule has 2 rings (SSSR count). The molecule has 0 aliphatic heterocycles. The first-order chi connectivity index (χ1) is 11.0. The third-order valence-electron chi connectivity index (χ3n) is 4.07. The summed E-state index contributed by atoms with van der Waals surface area (Å²) in [7, 11) is 0. The van der Waals surface area contributed by atoms with E-state index in [0.29, 0.717) is 18.6 Å². The van der Waals surface area contributed by atoms with E-state index in [9.17, 15) is 9.90 Å². The maximum atomic E-state index is 12.2. The summed E-state index contributed by atoms with van der Waals surface area (Å²) < 4.78 is 5.17. The van der Waals surface area contributed by atoms with Gasteiger partial charge in [0.05, 0.1) is 6.26 Å². The van der Waals surface area contributed by atoms with Crippen LogP contribution in [-0.2, 0) is 4.79 Å². The maximum Gasteiger partial charge on any atom is 0.220 e. The quantitative estimate of drug-likeness (QED) is 0.818. The van der Waals surface area contributed by atoms with Crippen molar-refractivity contribution in [1.82, 2.24) is 5.32 Å². The number of aliphatic hydroxyl groups excluding tert-OH is 1. The fourth-order valence-corrected chi connectivity index (χ4v) is 2.85. The Morgan fingerprint density at radius 3 is 2.61 bits per heavy atom. The number of furan rings is 1. The largest absolute Gasteiger partial charge is 0.467 e. The number of hydrogen-bond acceptors (Lipinski definition) is 3. The summed E-state index contributed by atoms with van der Waals surface area (Å²) in [6.45, 7) is 6.01. The highest BCUT2D eigenvalue weighted by atomic mass is 16.4. The van der Waals surface area contributed by atoms with E-state index in [1.165, 1.54) is 17.4 Å². The van der Waals surface area contributed by atoms with Gasteiger partial charge in [0.2, 0.25) is 5.91 Å². The SMILES string of the molecule is Cc1ccccc1C(C)CC(=O)NC(C)CC(O)c1ccco1. The minimum Gasteiger partial charge on any atom is -0.467 e. The lowest BCUT2D eigenvalue weighted by molar-refractivity contribution is -0.122. The lowest BCUT2D eigenvalue weighted by Gasteiger charge is -2.19. The van der Waals surface area contributed by atoms with Gasteiger partial charge >= 0.3 is 0 Å². The number of carbonyl (C=O) groups is 1. The normalized spacial score (nSPS) is 15.0. The lowest BCUT2D eigenvalue weighted by Crippen LogP contribution is -2.34. The molecule has 0 spiro atoms. The second-order valence-corrected chi connectivity index (χ2v) is 6.20. The van der Waals surface area contributed by atoms with Gasteiger partial charge in [-0.3, -0.25) is 4.79 Å². The molecule has 1 amide bonds. The molecular weight excluding hydrogens is 290 g/mol. The van der Waals surface area contributed by atoms with Gasteiger partial charge in [-0.1, -0.05) is 31.2 Å². The highest BCUT2D eigenvalue weighted by molar-refractivity contribution is 5.77. The summed E-state index contributed by atoms with van der Waals surface area (Å²) in [5.41, 5.74) is 2.40. The van der Waals surface area contributed by atoms with E-state index in [0.717, 1.165) is 0 Å². The van der Waals surface area contributed by atoms with E-state index >= 15 is 0 Å². The summed E-state index contributed by atoms with van der Waals surface area (Å²) in [5, 5.41) is 13.0. The van der Waals surface area contributed by atoms with E-state index < -0.39 is 6.10 Å². The molecule has 1 aromatic heterocycles. The molecular formula is C19H25NO3. The van der Waals surface area contributed by atoms with Crippen molar-refractivity contribution < 1.29 is 14.3 Å². The minimum atomic E-state index is -0.700. The van der Waals surface area contributed by atoms with Crippen molar-refractivity contribution >= 4 is 5.91 Å². The fourth-order valence-electron chi connectivity index (χ4n) is 2.85. The van der Waals surface area contributed by atoms with Gasteiger partial charge in [-0.05, 0) is 43.0 Å². The van der Waals surface area contributed by atoms with E-state index in [-0.39, 0.29) is 17.9 Å². The van der Waals surface area contributed by atoms with Crippen LogP contribution < -0.4 is 5.32 Å². The van der Waals surface area contributed by atoms with Gasteiger partial charge in [0.1, 0.15) is 11.9 Å². The summed E-state index contributed by atoms with van der Waals surface area (Å²) >= 11 is 0. The number of aryl methyl sites for hydroxylation is 1. The zero-order chi connectivity index (χ0) is 16.8. The molecule has 2 aromatic rings. The first-order valence-corrected chi connectivity index (χ1v) is 8.03. The molecule has 4 heteroatoms. The Morgan fingerprint density at radius 1 is 1.22 bits per heavy atom. The van der Waals surface area contributed by atoms with Crippen molar-refractivity contribution in [1.29, 1.82) is 0 Å². The van der Waals surface area contributed by atoms with Crippen LogP contribution in [0.1, 0.15) is 55.6 Å². The zero-order valence-corrected chi connectivity index (χ0v) is 14.0. The van der Waals surface area contributed by atoms with Crippen LogP contribution in [0, 0.1) is 6.92 Å². The zero-order valence-electron chi connectivity index (χ0n) is 14.0. The summed E-state index contributed by atoms with van der Waals surface area (Å²) in [4.78, 5) is 12.2. The highest BCUT2D eigenvalue weighted by Gasteiger charge is 2.18. The van der Waals surface area contributed by atoms with Crippen LogP contribution in [0.5, 0.6) is 0 Å². The molecule has 0 aliphatic rings.